The van der Waals surface area contributed by atoms with Crippen molar-refractivity contribution >= 4 is 11.8 Å². The molecule has 0 unspecified atom stereocenters. The number of Topliss-reactive ketones (excluding diaryl/α,β-unsaturated/α-hetero) is 1. The maximum atomic E-state index is 12.4. The number of benzene rings is 3. The van der Waals surface area contributed by atoms with E-state index in [4.69, 9.17) is 5.73 Å². The minimum absolute atomic E-state index is 0.00312. The SMILES string of the molecule is CCc1ccc(C(NCCCC[C@H](CC(=O)[C@@H](N)C(C)C)C(=O)O)(c2ccccc2)c2ccccc2)cc1. The van der Waals surface area contributed by atoms with E-state index in [0.717, 1.165) is 29.5 Å². The summed E-state index contributed by atoms with van der Waals surface area (Å²) in [6.07, 6.45) is 2.89. The van der Waals surface area contributed by atoms with Crippen molar-refractivity contribution in [2.24, 2.45) is 17.6 Å². The molecule has 38 heavy (non-hydrogen) atoms. The molecule has 0 aromatic heterocycles. The van der Waals surface area contributed by atoms with E-state index in [9.17, 15) is 14.7 Å². The zero-order chi connectivity index (χ0) is 27.5. The number of carbonyl (C=O) groups excluding carboxylic acids is 1. The monoisotopic (exact) mass is 514 g/mol. The molecule has 3 rings (SSSR count). The molecule has 2 atom stereocenters. The number of aliphatic carboxylic acids is 1. The molecule has 4 N–H and O–H groups in total. The Balaban J connectivity index is 1.80. The molecule has 0 aliphatic carbocycles. The summed E-state index contributed by atoms with van der Waals surface area (Å²) in [5, 5.41) is 13.6. The summed E-state index contributed by atoms with van der Waals surface area (Å²) >= 11 is 0. The van der Waals surface area contributed by atoms with Crippen LogP contribution in [0.3, 0.4) is 0 Å². The first-order valence-electron chi connectivity index (χ1n) is 13.8. The summed E-state index contributed by atoms with van der Waals surface area (Å²) < 4.78 is 0. The van der Waals surface area contributed by atoms with Gasteiger partial charge >= 0.3 is 5.97 Å². The zero-order valence-electron chi connectivity index (χ0n) is 22.9. The van der Waals surface area contributed by atoms with Gasteiger partial charge in [0.25, 0.3) is 0 Å². The van der Waals surface area contributed by atoms with E-state index >= 15 is 0 Å². The van der Waals surface area contributed by atoms with E-state index in [1.54, 1.807) is 0 Å². The van der Waals surface area contributed by atoms with Crippen LogP contribution in [-0.4, -0.2) is 29.4 Å². The van der Waals surface area contributed by atoms with Crippen LogP contribution in [0.1, 0.15) is 68.7 Å². The summed E-state index contributed by atoms with van der Waals surface area (Å²) in [5.74, 6) is -1.81. The maximum absolute atomic E-state index is 12.4. The summed E-state index contributed by atoms with van der Waals surface area (Å²) in [7, 11) is 0. The summed E-state index contributed by atoms with van der Waals surface area (Å²) in [6, 6.07) is 29.1. The van der Waals surface area contributed by atoms with Crippen LogP contribution in [0, 0.1) is 11.8 Å². The quantitative estimate of drug-likeness (QED) is 0.172. The van der Waals surface area contributed by atoms with E-state index < -0.39 is 23.5 Å². The first-order valence-corrected chi connectivity index (χ1v) is 13.8. The predicted octanol–water partition coefficient (Wildman–Crippen LogP) is 5.94. The third-order valence-corrected chi connectivity index (χ3v) is 7.47. The van der Waals surface area contributed by atoms with Gasteiger partial charge in [0.1, 0.15) is 0 Å². The average molecular weight is 515 g/mol. The van der Waals surface area contributed by atoms with Gasteiger partial charge in [-0.15, -0.1) is 0 Å². The third-order valence-electron chi connectivity index (χ3n) is 7.47. The molecule has 0 saturated heterocycles. The smallest absolute Gasteiger partial charge is 0.306 e. The van der Waals surface area contributed by atoms with Gasteiger partial charge in [0, 0.05) is 6.42 Å². The lowest BCUT2D eigenvalue weighted by Gasteiger charge is -2.37. The second kappa shape index (κ2) is 14.0. The van der Waals surface area contributed by atoms with Gasteiger partial charge in [-0.25, -0.2) is 0 Å². The Morgan fingerprint density at radius 3 is 1.84 bits per heavy atom. The maximum Gasteiger partial charge on any atom is 0.306 e. The molecule has 0 spiro atoms. The molecule has 0 amide bonds. The zero-order valence-corrected chi connectivity index (χ0v) is 22.9. The number of unbranched alkanes of at least 4 members (excludes halogenated alkanes) is 1. The molecule has 0 aliphatic heterocycles. The Labute approximate surface area is 227 Å². The molecule has 0 fully saturated rings. The number of hydrogen-bond acceptors (Lipinski definition) is 4. The normalized spacial score (nSPS) is 13.3. The lowest BCUT2D eigenvalue weighted by Crippen LogP contribution is -2.45. The topological polar surface area (TPSA) is 92.4 Å². The van der Waals surface area contributed by atoms with Crippen molar-refractivity contribution in [2.45, 2.75) is 64.5 Å². The van der Waals surface area contributed by atoms with Crippen LogP contribution < -0.4 is 11.1 Å². The van der Waals surface area contributed by atoms with E-state index in [1.165, 1.54) is 5.56 Å². The van der Waals surface area contributed by atoms with Gasteiger partial charge < -0.3 is 10.8 Å². The van der Waals surface area contributed by atoms with Crippen LogP contribution in [0.4, 0.5) is 0 Å². The number of ketones is 1. The van der Waals surface area contributed by atoms with Crippen molar-refractivity contribution in [1.29, 1.82) is 0 Å². The van der Waals surface area contributed by atoms with Crippen LogP contribution in [-0.2, 0) is 21.5 Å². The number of carboxylic acid groups (broad SMARTS) is 1. The molecule has 0 radical (unpaired) electrons. The van der Waals surface area contributed by atoms with Crippen molar-refractivity contribution in [1.82, 2.24) is 5.32 Å². The second-order valence-corrected chi connectivity index (χ2v) is 10.4. The van der Waals surface area contributed by atoms with E-state index in [1.807, 2.05) is 26.0 Å². The molecule has 3 aromatic rings. The minimum Gasteiger partial charge on any atom is -0.481 e. The molecule has 0 aliphatic rings. The lowest BCUT2D eigenvalue weighted by molar-refractivity contribution is -0.144. The van der Waals surface area contributed by atoms with Gasteiger partial charge in [-0.3, -0.25) is 14.9 Å². The number of nitrogens with two attached hydrogens (primary N) is 1. The number of hydrogen-bond donors (Lipinski definition) is 3. The summed E-state index contributed by atoms with van der Waals surface area (Å²) in [5.41, 5.74) is 10.1. The number of nitrogens with one attached hydrogen (secondary N) is 1. The molecule has 202 valence electrons. The van der Waals surface area contributed by atoms with E-state index in [2.05, 4.69) is 85.0 Å². The molecule has 5 nitrogen and oxygen atoms in total. The summed E-state index contributed by atoms with van der Waals surface area (Å²) in [6.45, 7) is 6.60. The van der Waals surface area contributed by atoms with Gasteiger partial charge in [0.2, 0.25) is 0 Å². The van der Waals surface area contributed by atoms with Crippen molar-refractivity contribution in [3.8, 4) is 0 Å². The fourth-order valence-electron chi connectivity index (χ4n) is 5.03. The number of aryl methyl sites for hydroxylation is 1. The Bertz CT molecular complexity index is 1100. The lowest BCUT2D eigenvalue weighted by atomic mass is 9.76. The Morgan fingerprint density at radius 1 is 0.842 bits per heavy atom. The van der Waals surface area contributed by atoms with Gasteiger partial charge in [-0.1, -0.05) is 112 Å². The first kappa shape index (κ1) is 29.3. The molecule has 5 heteroatoms. The van der Waals surface area contributed by atoms with Crippen LogP contribution in [0.25, 0.3) is 0 Å². The fourth-order valence-corrected chi connectivity index (χ4v) is 5.03. The van der Waals surface area contributed by atoms with Crippen molar-refractivity contribution in [2.75, 3.05) is 6.54 Å². The largest absolute Gasteiger partial charge is 0.481 e. The Morgan fingerprint density at radius 2 is 1.37 bits per heavy atom. The molecule has 0 heterocycles. The first-order chi connectivity index (χ1) is 18.3. The van der Waals surface area contributed by atoms with Crippen LogP contribution in [0.2, 0.25) is 0 Å². The highest BCUT2D eigenvalue weighted by molar-refractivity contribution is 5.87. The minimum atomic E-state index is -0.929. The average Bonchev–Trinajstić information content (AvgIpc) is 2.94. The fraction of sp³-hybridized carbons (Fsp3) is 0.394. The third kappa shape index (κ3) is 7.18. The Hall–Kier alpha value is -3.28. The highest BCUT2D eigenvalue weighted by atomic mass is 16.4. The standard InChI is InChI=1S/C33H42N2O3/c1-4-25-18-20-29(21-19-25)33(27-14-7-5-8-15-27,28-16-9-6-10-17-28)35-22-12-11-13-26(32(37)38)23-30(36)31(34)24(2)3/h5-10,14-21,24,26,31,35H,4,11-13,22-23,34H2,1-3H3,(H,37,38)/t26-,31+/m1/s1. The molecule has 3 aromatic carbocycles. The molecule has 0 bridgehead atoms. The second-order valence-electron chi connectivity index (χ2n) is 10.4. The molecular weight excluding hydrogens is 472 g/mol. The predicted molar refractivity (Wildman–Crippen MR) is 154 cm³/mol. The van der Waals surface area contributed by atoms with Crippen LogP contribution in [0.5, 0.6) is 0 Å². The van der Waals surface area contributed by atoms with Gasteiger partial charge in [0.15, 0.2) is 5.78 Å². The summed E-state index contributed by atoms with van der Waals surface area (Å²) in [4.78, 5) is 24.3. The van der Waals surface area contributed by atoms with E-state index in [0.29, 0.717) is 19.4 Å². The molecular formula is C33H42N2O3. The Kier molecular flexibility index (Phi) is 10.8. The van der Waals surface area contributed by atoms with Crippen molar-refractivity contribution < 1.29 is 14.7 Å². The number of rotatable bonds is 15. The highest BCUT2D eigenvalue weighted by Crippen LogP contribution is 2.37. The van der Waals surface area contributed by atoms with Crippen LogP contribution >= 0.6 is 0 Å². The van der Waals surface area contributed by atoms with E-state index in [-0.39, 0.29) is 18.1 Å². The van der Waals surface area contributed by atoms with Crippen molar-refractivity contribution in [3.05, 3.63) is 107 Å². The van der Waals surface area contributed by atoms with Crippen molar-refractivity contribution in [3.63, 3.8) is 0 Å². The van der Waals surface area contributed by atoms with Gasteiger partial charge in [-0.05, 0) is 54.0 Å². The van der Waals surface area contributed by atoms with Gasteiger partial charge in [-0.2, -0.15) is 0 Å². The van der Waals surface area contributed by atoms with Gasteiger partial charge in [0.05, 0.1) is 17.5 Å². The number of carbonyl (C=O) groups is 2. The number of carboxylic acids is 1. The highest BCUT2D eigenvalue weighted by Gasteiger charge is 2.35. The molecule has 0 saturated carbocycles. The van der Waals surface area contributed by atoms with Crippen LogP contribution in [0.15, 0.2) is 84.9 Å².